The van der Waals surface area contributed by atoms with E-state index in [1.165, 1.54) is 66.1 Å². The minimum absolute atomic E-state index is 0.298. The molecule has 10 rings (SSSR count). The van der Waals surface area contributed by atoms with Crippen molar-refractivity contribution in [2.45, 2.75) is 38.5 Å². The smallest absolute Gasteiger partial charge is 0.123 e. The molecule has 0 fully saturated rings. The van der Waals surface area contributed by atoms with Crippen molar-refractivity contribution in [3.8, 4) is 39.1 Å². The van der Waals surface area contributed by atoms with E-state index in [9.17, 15) is 5.11 Å². The molecule has 0 spiro atoms. The fourth-order valence-corrected chi connectivity index (χ4v) is 8.96. The van der Waals surface area contributed by atoms with E-state index in [4.69, 9.17) is 0 Å². The van der Waals surface area contributed by atoms with Crippen molar-refractivity contribution in [2.24, 2.45) is 0 Å². The molecule has 0 radical (unpaired) electrons. The Morgan fingerprint density at radius 1 is 0.412 bits per heavy atom. The van der Waals surface area contributed by atoms with Gasteiger partial charge in [0.05, 0.1) is 0 Å². The summed E-state index contributed by atoms with van der Waals surface area (Å²) in [5.41, 5.74) is 17.9. The number of allylic oxidation sites excluding steroid dienone is 3. The van der Waals surface area contributed by atoms with E-state index in [0.29, 0.717) is 5.75 Å². The van der Waals surface area contributed by atoms with Gasteiger partial charge in [-0.25, -0.2) is 0 Å². The summed E-state index contributed by atoms with van der Waals surface area (Å²) in [6.07, 6.45) is 18.2. The van der Waals surface area contributed by atoms with Crippen LogP contribution >= 0.6 is 0 Å². The van der Waals surface area contributed by atoms with Gasteiger partial charge in [0.15, 0.2) is 0 Å². The Hall–Kier alpha value is -5.92. The molecule has 0 heterocycles. The van der Waals surface area contributed by atoms with Gasteiger partial charge in [-0.15, -0.1) is 0 Å². The van der Waals surface area contributed by atoms with Gasteiger partial charge in [0.25, 0.3) is 0 Å². The van der Waals surface area contributed by atoms with Gasteiger partial charge in [-0.1, -0.05) is 121 Å². The van der Waals surface area contributed by atoms with Gasteiger partial charge >= 0.3 is 0 Å². The van der Waals surface area contributed by atoms with Crippen LogP contribution in [0.4, 0.5) is 0 Å². The van der Waals surface area contributed by atoms with Crippen molar-refractivity contribution in [3.05, 3.63) is 172 Å². The zero-order valence-corrected chi connectivity index (χ0v) is 28.6. The third-order valence-corrected chi connectivity index (χ3v) is 11.4. The van der Waals surface area contributed by atoms with Gasteiger partial charge in [0.2, 0.25) is 0 Å². The van der Waals surface area contributed by atoms with E-state index in [2.05, 4.69) is 140 Å². The van der Waals surface area contributed by atoms with E-state index in [0.717, 1.165) is 60.8 Å². The Balaban J connectivity index is 1.03. The number of fused-ring (bicyclic) bond motifs is 9. The molecule has 0 saturated heterocycles. The maximum atomic E-state index is 11.2. The van der Waals surface area contributed by atoms with Crippen molar-refractivity contribution in [1.82, 2.24) is 0 Å². The zero-order valence-electron chi connectivity index (χ0n) is 28.6. The molecule has 3 aliphatic rings. The molecule has 0 saturated carbocycles. The number of rotatable bonds is 4. The molecule has 0 bridgehead atoms. The predicted molar refractivity (Wildman–Crippen MR) is 217 cm³/mol. The summed E-state index contributed by atoms with van der Waals surface area (Å²) in [7, 11) is 0. The van der Waals surface area contributed by atoms with Gasteiger partial charge in [0.1, 0.15) is 5.75 Å². The average Bonchev–Trinajstić information content (AvgIpc) is 3.21. The molecule has 0 aliphatic heterocycles. The summed E-state index contributed by atoms with van der Waals surface area (Å²) < 4.78 is 0. The summed E-state index contributed by atoms with van der Waals surface area (Å²) in [4.78, 5) is 0. The van der Waals surface area contributed by atoms with Crippen LogP contribution in [0.1, 0.15) is 58.2 Å². The molecule has 7 aromatic carbocycles. The Morgan fingerprint density at radius 3 is 1.84 bits per heavy atom. The van der Waals surface area contributed by atoms with Crippen LogP contribution in [0.3, 0.4) is 0 Å². The first-order chi connectivity index (χ1) is 25.2. The highest BCUT2D eigenvalue weighted by Gasteiger charge is 2.22. The Kier molecular flexibility index (Phi) is 7.13. The fourth-order valence-electron chi connectivity index (χ4n) is 8.96. The highest BCUT2D eigenvalue weighted by molar-refractivity contribution is 6.03. The predicted octanol–water partition coefficient (Wildman–Crippen LogP) is 13.1. The molecule has 0 amide bonds. The second-order valence-electron chi connectivity index (χ2n) is 14.3. The molecule has 244 valence electrons. The molecule has 1 heteroatoms. The number of hydrogen-bond acceptors (Lipinski definition) is 1. The third kappa shape index (κ3) is 5.07. The van der Waals surface area contributed by atoms with Crippen LogP contribution in [0.2, 0.25) is 0 Å². The summed E-state index contributed by atoms with van der Waals surface area (Å²) >= 11 is 0. The minimum atomic E-state index is 0.298. The summed E-state index contributed by atoms with van der Waals surface area (Å²) in [6.45, 7) is 0. The van der Waals surface area contributed by atoms with E-state index in [-0.39, 0.29) is 0 Å². The third-order valence-electron chi connectivity index (χ3n) is 11.4. The van der Waals surface area contributed by atoms with E-state index < -0.39 is 0 Å². The lowest BCUT2D eigenvalue weighted by molar-refractivity contribution is 0.477. The molecule has 0 unspecified atom stereocenters. The second kappa shape index (κ2) is 12.1. The first-order valence-electron chi connectivity index (χ1n) is 18.4. The van der Waals surface area contributed by atoms with E-state index >= 15 is 0 Å². The van der Waals surface area contributed by atoms with E-state index in [1.807, 2.05) is 12.1 Å². The maximum Gasteiger partial charge on any atom is 0.123 e. The van der Waals surface area contributed by atoms with Crippen molar-refractivity contribution in [2.75, 3.05) is 0 Å². The van der Waals surface area contributed by atoms with Gasteiger partial charge in [0, 0.05) is 5.56 Å². The first kappa shape index (κ1) is 29.9. The summed E-state index contributed by atoms with van der Waals surface area (Å²) in [5.74, 6) is 0.298. The van der Waals surface area contributed by atoms with Crippen LogP contribution in [0.15, 0.2) is 133 Å². The van der Waals surface area contributed by atoms with Gasteiger partial charge in [-0.3, -0.25) is 0 Å². The molecule has 7 aromatic rings. The highest BCUT2D eigenvalue weighted by atomic mass is 16.3. The van der Waals surface area contributed by atoms with Crippen molar-refractivity contribution in [3.63, 3.8) is 0 Å². The first-order valence-corrected chi connectivity index (χ1v) is 18.4. The number of aromatic hydroxyl groups is 1. The lowest BCUT2D eigenvalue weighted by Crippen LogP contribution is -2.08. The van der Waals surface area contributed by atoms with Gasteiger partial charge in [-0.2, -0.15) is 0 Å². The van der Waals surface area contributed by atoms with Crippen LogP contribution < -0.4 is 0 Å². The molecule has 3 aliphatic carbocycles. The second-order valence-corrected chi connectivity index (χ2v) is 14.3. The maximum absolute atomic E-state index is 11.2. The molecular weight excluding hydrogens is 617 g/mol. The lowest BCUT2D eigenvalue weighted by atomic mass is 9.78. The average molecular weight is 655 g/mol. The number of phenolic OH excluding ortho intramolecular Hbond substituents is 1. The SMILES string of the molecule is Oc1ccc(-c2cccc(C3=Cc4c(c5c(c6ccccc46)C=CCC5)CC3)c2)cc1-c1cccc(-c2cc3ccccc3c3c2CCC=C3)c1. The van der Waals surface area contributed by atoms with Crippen molar-refractivity contribution >= 4 is 45.3 Å². The van der Waals surface area contributed by atoms with Crippen LogP contribution in [-0.4, -0.2) is 5.11 Å². The Labute approximate surface area is 299 Å². The van der Waals surface area contributed by atoms with Gasteiger partial charge in [-0.05, 0) is 163 Å². The molecule has 1 nitrogen and oxygen atoms in total. The number of phenols is 1. The highest BCUT2D eigenvalue weighted by Crippen LogP contribution is 2.43. The molecule has 0 atom stereocenters. The zero-order chi connectivity index (χ0) is 33.9. The van der Waals surface area contributed by atoms with Crippen LogP contribution in [0.5, 0.6) is 5.75 Å². The fraction of sp³-hybridized carbons (Fsp3) is 0.120. The monoisotopic (exact) mass is 654 g/mol. The van der Waals surface area contributed by atoms with Crippen molar-refractivity contribution in [1.29, 1.82) is 0 Å². The quantitative estimate of drug-likeness (QED) is 0.200. The summed E-state index contributed by atoms with van der Waals surface area (Å²) in [6, 6.07) is 43.7. The summed E-state index contributed by atoms with van der Waals surface area (Å²) in [5, 5.41) is 16.5. The van der Waals surface area contributed by atoms with Crippen LogP contribution in [0.25, 0.3) is 78.7 Å². The normalized spacial score (nSPS) is 14.6. The number of hydrogen-bond donors (Lipinski definition) is 1. The molecule has 0 aromatic heterocycles. The molecule has 51 heavy (non-hydrogen) atoms. The Morgan fingerprint density at radius 2 is 1.02 bits per heavy atom. The lowest BCUT2D eigenvalue weighted by Gasteiger charge is -2.26. The minimum Gasteiger partial charge on any atom is -0.507 e. The largest absolute Gasteiger partial charge is 0.507 e. The van der Waals surface area contributed by atoms with Crippen LogP contribution in [0, 0.1) is 0 Å². The Bertz CT molecular complexity index is 2650. The standard InChI is InChI=1S/C50H38O/c51-50-26-24-35(29-48(50)37-15-10-14-36(28-37)47-31-38-11-1-2-16-39(38)40-17-3-7-21-44(40)47)33-13-9-12-32(27-33)34-23-25-46-43-20-5-4-18-41(43)42-19-6-8-22-45(42)49(46)30-34/h1-4,6,8-19,22,24,26-31,51H,5,7,20-21,23,25H2. The van der Waals surface area contributed by atoms with Crippen molar-refractivity contribution < 1.29 is 5.11 Å². The molecular formula is C50H38O. The number of benzene rings is 7. The van der Waals surface area contributed by atoms with Crippen LogP contribution in [-0.2, 0) is 19.3 Å². The topological polar surface area (TPSA) is 20.2 Å². The molecule has 1 N–H and O–H groups in total. The van der Waals surface area contributed by atoms with Gasteiger partial charge < -0.3 is 5.11 Å². The van der Waals surface area contributed by atoms with E-state index in [1.54, 1.807) is 11.1 Å².